The normalized spacial score (nSPS) is 12.1. The lowest BCUT2D eigenvalue weighted by molar-refractivity contribution is -0.117. The van der Waals surface area contributed by atoms with Crippen molar-refractivity contribution in [2.24, 2.45) is 0 Å². The molecule has 8 heteroatoms. The van der Waals surface area contributed by atoms with E-state index < -0.39 is 0 Å². The van der Waals surface area contributed by atoms with Crippen LogP contribution in [0.5, 0.6) is 11.5 Å². The van der Waals surface area contributed by atoms with Gasteiger partial charge in [-0.3, -0.25) is 14.3 Å². The van der Waals surface area contributed by atoms with Crippen LogP contribution in [0.3, 0.4) is 0 Å². The molecule has 0 saturated carbocycles. The minimum atomic E-state index is -0.353. The van der Waals surface area contributed by atoms with Crippen molar-refractivity contribution in [3.05, 3.63) is 70.7 Å². The first kappa shape index (κ1) is 22.4. The number of nitrogens with one attached hydrogen (secondary N) is 1. The van der Waals surface area contributed by atoms with Crippen molar-refractivity contribution in [1.82, 2.24) is 9.47 Å². The Morgan fingerprint density at radius 2 is 1.91 bits per heavy atom. The number of likely N-dealkylation sites (N-methyl/N-ethyl adjacent to an activating group) is 1. The highest BCUT2D eigenvalue weighted by Crippen LogP contribution is 2.33. The van der Waals surface area contributed by atoms with Crippen molar-refractivity contribution in [2.75, 3.05) is 25.2 Å². The average Bonchev–Trinajstić information content (AvgIpc) is 3.36. The van der Waals surface area contributed by atoms with E-state index >= 15 is 0 Å². The second kappa shape index (κ2) is 9.35. The number of nitrogens with zero attached hydrogens (tertiary/aromatic N) is 3. The largest absolute Gasteiger partial charge is 0.454 e. The lowest BCUT2D eigenvalue weighted by Crippen LogP contribution is -2.33. The summed E-state index contributed by atoms with van der Waals surface area (Å²) in [6.07, 6.45) is 0. The fourth-order valence-electron chi connectivity index (χ4n) is 3.93. The summed E-state index contributed by atoms with van der Waals surface area (Å²) in [5.41, 5.74) is 3.64. The molecule has 0 radical (unpaired) electrons. The standard InChI is InChI=1S/C25H25FN4O3/c1-4-29(13-18-5-10-22-23(11-18)33-15-32-22)14-24(31)28-25-21(12-27)16(2)17(3)30(25)20-8-6-19(26)7-9-20/h5-11H,4,13-15H2,1-3H3,(H,28,31). The van der Waals surface area contributed by atoms with Crippen LogP contribution < -0.4 is 14.8 Å². The number of carbonyl (C=O) groups excluding carboxylic acids is 1. The molecule has 0 spiro atoms. The quantitative estimate of drug-likeness (QED) is 0.583. The summed E-state index contributed by atoms with van der Waals surface area (Å²) >= 11 is 0. The number of nitriles is 1. The van der Waals surface area contributed by atoms with E-state index in [4.69, 9.17) is 9.47 Å². The molecule has 170 valence electrons. The number of halogens is 1. The van der Waals surface area contributed by atoms with Crippen LogP contribution in [-0.4, -0.2) is 35.3 Å². The molecule has 1 amide bonds. The highest BCUT2D eigenvalue weighted by Gasteiger charge is 2.22. The Hall–Kier alpha value is -3.83. The first-order valence-corrected chi connectivity index (χ1v) is 10.7. The van der Waals surface area contributed by atoms with Crippen LogP contribution in [0.2, 0.25) is 0 Å². The van der Waals surface area contributed by atoms with E-state index in [0.29, 0.717) is 35.9 Å². The highest BCUT2D eigenvalue weighted by atomic mass is 19.1. The molecular formula is C25H25FN4O3. The van der Waals surface area contributed by atoms with Gasteiger partial charge in [-0.2, -0.15) is 5.26 Å². The Kier molecular flexibility index (Phi) is 6.33. The summed E-state index contributed by atoms with van der Waals surface area (Å²) in [5.74, 6) is 1.22. The maximum absolute atomic E-state index is 13.4. The molecule has 0 bridgehead atoms. The zero-order valence-electron chi connectivity index (χ0n) is 18.8. The Bertz CT molecular complexity index is 1230. The highest BCUT2D eigenvalue weighted by molar-refractivity contribution is 5.93. The Morgan fingerprint density at radius 3 is 2.61 bits per heavy atom. The van der Waals surface area contributed by atoms with E-state index in [-0.39, 0.29) is 25.1 Å². The maximum atomic E-state index is 13.4. The minimum absolute atomic E-state index is 0.141. The molecule has 0 fully saturated rings. The summed E-state index contributed by atoms with van der Waals surface area (Å²) in [7, 11) is 0. The third-order valence-electron chi connectivity index (χ3n) is 5.83. The Morgan fingerprint density at radius 1 is 1.18 bits per heavy atom. The summed E-state index contributed by atoms with van der Waals surface area (Å²) < 4.78 is 26.0. The number of hydrogen-bond donors (Lipinski definition) is 1. The number of carbonyl (C=O) groups is 1. The number of amides is 1. The fraction of sp³-hybridized carbons (Fsp3) is 0.280. The Balaban J connectivity index is 1.54. The predicted molar refractivity (Wildman–Crippen MR) is 122 cm³/mol. The summed E-state index contributed by atoms with van der Waals surface area (Å²) in [5, 5.41) is 12.7. The van der Waals surface area contributed by atoms with Gasteiger partial charge in [-0.25, -0.2) is 4.39 Å². The zero-order chi connectivity index (χ0) is 23.5. The number of aromatic nitrogens is 1. The summed E-state index contributed by atoms with van der Waals surface area (Å²) in [4.78, 5) is 15.0. The molecule has 1 N–H and O–H groups in total. The van der Waals surface area contributed by atoms with Crippen molar-refractivity contribution in [3.8, 4) is 23.3 Å². The third-order valence-corrected chi connectivity index (χ3v) is 5.83. The molecule has 0 unspecified atom stereocenters. The van der Waals surface area contributed by atoms with Crippen molar-refractivity contribution >= 4 is 11.7 Å². The van der Waals surface area contributed by atoms with Gasteiger partial charge in [-0.1, -0.05) is 13.0 Å². The molecule has 3 aromatic rings. The zero-order valence-corrected chi connectivity index (χ0v) is 18.8. The lowest BCUT2D eigenvalue weighted by atomic mass is 10.2. The number of anilines is 1. The van der Waals surface area contributed by atoms with Crippen LogP contribution in [0.25, 0.3) is 5.69 Å². The first-order chi connectivity index (χ1) is 15.9. The van der Waals surface area contributed by atoms with Crippen LogP contribution >= 0.6 is 0 Å². The summed E-state index contributed by atoms with van der Waals surface area (Å²) in [6, 6.07) is 13.9. The first-order valence-electron chi connectivity index (χ1n) is 10.7. The van der Waals surface area contributed by atoms with Gasteiger partial charge in [0.05, 0.1) is 12.1 Å². The number of fused-ring (bicyclic) bond motifs is 1. The van der Waals surface area contributed by atoms with Gasteiger partial charge >= 0.3 is 0 Å². The van der Waals surface area contributed by atoms with Gasteiger partial charge in [0.15, 0.2) is 11.5 Å². The minimum Gasteiger partial charge on any atom is -0.454 e. The molecular weight excluding hydrogens is 423 g/mol. The molecule has 0 aliphatic carbocycles. The summed E-state index contributed by atoms with van der Waals surface area (Å²) in [6.45, 7) is 7.26. The van der Waals surface area contributed by atoms with Crippen molar-refractivity contribution in [1.29, 1.82) is 5.26 Å². The molecule has 0 atom stereocenters. The van der Waals surface area contributed by atoms with Crippen molar-refractivity contribution in [3.63, 3.8) is 0 Å². The Labute approximate surface area is 191 Å². The van der Waals surface area contributed by atoms with Gasteiger partial charge in [0, 0.05) is 17.9 Å². The topological polar surface area (TPSA) is 79.5 Å². The van der Waals surface area contributed by atoms with E-state index in [1.54, 1.807) is 16.7 Å². The number of hydrogen-bond acceptors (Lipinski definition) is 5. The van der Waals surface area contributed by atoms with Crippen LogP contribution in [0, 0.1) is 31.0 Å². The SMILES string of the molecule is CCN(CC(=O)Nc1c(C#N)c(C)c(C)n1-c1ccc(F)cc1)Cc1ccc2c(c1)OCO2. The van der Waals surface area contributed by atoms with Gasteiger partial charge in [-0.15, -0.1) is 0 Å². The number of ether oxygens (including phenoxy) is 2. The van der Waals surface area contributed by atoms with Crippen molar-refractivity contribution < 1.29 is 18.7 Å². The van der Waals surface area contributed by atoms with Gasteiger partial charge < -0.3 is 14.8 Å². The second-order valence-electron chi connectivity index (χ2n) is 7.90. The van der Waals surface area contributed by atoms with E-state index in [1.807, 2.05) is 43.9 Å². The van der Waals surface area contributed by atoms with Crippen molar-refractivity contribution in [2.45, 2.75) is 27.3 Å². The van der Waals surface area contributed by atoms with Crippen LogP contribution in [0.4, 0.5) is 10.2 Å². The second-order valence-corrected chi connectivity index (χ2v) is 7.90. The maximum Gasteiger partial charge on any atom is 0.239 e. The molecule has 1 aromatic heterocycles. The van der Waals surface area contributed by atoms with Gasteiger partial charge in [0.2, 0.25) is 12.7 Å². The van der Waals surface area contributed by atoms with E-state index in [0.717, 1.165) is 22.6 Å². The molecule has 4 rings (SSSR count). The smallest absolute Gasteiger partial charge is 0.239 e. The third kappa shape index (κ3) is 4.54. The molecule has 2 heterocycles. The monoisotopic (exact) mass is 448 g/mol. The molecule has 1 aliphatic heterocycles. The molecule has 1 aliphatic rings. The van der Waals surface area contributed by atoms with Gasteiger partial charge in [-0.05, 0) is 67.9 Å². The van der Waals surface area contributed by atoms with Gasteiger partial charge in [0.1, 0.15) is 17.7 Å². The fourth-order valence-corrected chi connectivity index (χ4v) is 3.93. The molecule has 2 aromatic carbocycles. The van der Waals surface area contributed by atoms with E-state index in [1.165, 1.54) is 12.1 Å². The molecule has 33 heavy (non-hydrogen) atoms. The molecule has 7 nitrogen and oxygen atoms in total. The van der Waals surface area contributed by atoms with Crippen LogP contribution in [-0.2, 0) is 11.3 Å². The van der Waals surface area contributed by atoms with E-state index in [2.05, 4.69) is 11.4 Å². The van der Waals surface area contributed by atoms with Crippen LogP contribution in [0.15, 0.2) is 42.5 Å². The van der Waals surface area contributed by atoms with Gasteiger partial charge in [0.25, 0.3) is 0 Å². The van der Waals surface area contributed by atoms with Crippen LogP contribution in [0.1, 0.15) is 29.3 Å². The average molecular weight is 448 g/mol. The lowest BCUT2D eigenvalue weighted by Gasteiger charge is -2.21. The number of rotatable bonds is 7. The molecule has 0 saturated heterocycles. The number of benzene rings is 2. The predicted octanol–water partition coefficient (Wildman–Crippen LogP) is 4.29. The van der Waals surface area contributed by atoms with E-state index in [9.17, 15) is 14.4 Å².